The van der Waals surface area contributed by atoms with Crippen molar-refractivity contribution in [3.8, 4) is 0 Å². The van der Waals surface area contributed by atoms with Gasteiger partial charge in [-0.2, -0.15) is 0 Å². The third kappa shape index (κ3) is 4.60. The molecule has 2 unspecified atom stereocenters. The number of likely N-dealkylation sites (tertiary alicyclic amines) is 1. The predicted molar refractivity (Wildman–Crippen MR) is 128 cm³/mol. The smallest absolute Gasteiger partial charge is 0.230 e. The van der Waals surface area contributed by atoms with Crippen LogP contribution in [0.25, 0.3) is 0 Å². The van der Waals surface area contributed by atoms with Gasteiger partial charge in [0, 0.05) is 37.2 Å². The number of hydrogen-bond donors (Lipinski definition) is 0. The molecule has 184 valence electrons. The third-order valence-corrected chi connectivity index (χ3v) is 7.92. The Morgan fingerprint density at radius 2 is 1.49 bits per heavy atom. The van der Waals surface area contributed by atoms with Crippen molar-refractivity contribution in [3.05, 3.63) is 65.2 Å². The minimum Gasteiger partial charge on any atom is -0.342 e. The zero-order chi connectivity index (χ0) is 24.5. The SMILES string of the molecule is O=C(c1cc(F)ccc1F)C1CCN(C(=O)C2CCCCC2C(=O)N2CCc3ccccc32)CC1. The molecule has 1 aliphatic carbocycles. The average Bonchev–Trinajstić information content (AvgIpc) is 3.33. The molecule has 1 saturated heterocycles. The molecule has 0 bridgehead atoms. The fourth-order valence-electron chi connectivity index (χ4n) is 5.99. The van der Waals surface area contributed by atoms with Crippen molar-refractivity contribution in [2.24, 2.45) is 17.8 Å². The van der Waals surface area contributed by atoms with E-state index >= 15 is 0 Å². The van der Waals surface area contributed by atoms with Gasteiger partial charge in [0.1, 0.15) is 11.6 Å². The Morgan fingerprint density at radius 3 is 2.23 bits per heavy atom. The van der Waals surface area contributed by atoms with Gasteiger partial charge in [-0.25, -0.2) is 8.78 Å². The number of piperidine rings is 1. The maximum absolute atomic E-state index is 14.1. The van der Waals surface area contributed by atoms with Gasteiger partial charge in [-0.15, -0.1) is 0 Å². The first-order valence-corrected chi connectivity index (χ1v) is 12.6. The molecule has 3 aliphatic rings. The third-order valence-electron chi connectivity index (χ3n) is 7.92. The van der Waals surface area contributed by atoms with Gasteiger partial charge in [0.05, 0.1) is 11.5 Å². The number of carbonyl (C=O) groups is 3. The highest BCUT2D eigenvalue weighted by atomic mass is 19.1. The minimum absolute atomic E-state index is 0.0154. The fraction of sp³-hybridized carbons (Fsp3) is 0.464. The molecule has 0 N–H and O–H groups in total. The highest BCUT2D eigenvalue weighted by molar-refractivity contribution is 6.00. The van der Waals surface area contributed by atoms with E-state index in [1.54, 1.807) is 4.90 Å². The monoisotopic (exact) mass is 480 g/mol. The van der Waals surface area contributed by atoms with Crippen molar-refractivity contribution >= 4 is 23.3 Å². The van der Waals surface area contributed by atoms with Gasteiger partial charge in [0.15, 0.2) is 5.78 Å². The lowest BCUT2D eigenvalue weighted by Gasteiger charge is -2.38. The number of anilines is 1. The lowest BCUT2D eigenvalue weighted by atomic mass is 9.77. The van der Waals surface area contributed by atoms with Crippen LogP contribution in [0.3, 0.4) is 0 Å². The zero-order valence-corrected chi connectivity index (χ0v) is 19.7. The summed E-state index contributed by atoms with van der Waals surface area (Å²) >= 11 is 0. The van der Waals surface area contributed by atoms with E-state index in [0.29, 0.717) is 45.3 Å². The van der Waals surface area contributed by atoms with Crippen molar-refractivity contribution in [2.45, 2.75) is 44.9 Å². The summed E-state index contributed by atoms with van der Waals surface area (Å²) in [5.41, 5.74) is 1.90. The van der Waals surface area contributed by atoms with E-state index < -0.39 is 23.3 Å². The summed E-state index contributed by atoms with van der Waals surface area (Å²) in [6, 6.07) is 10.9. The Balaban J connectivity index is 1.25. The summed E-state index contributed by atoms with van der Waals surface area (Å²) in [5.74, 6) is -2.87. The highest BCUT2D eigenvalue weighted by Crippen LogP contribution is 2.37. The Morgan fingerprint density at radius 1 is 0.800 bits per heavy atom. The number of Topliss-reactive ketones (excluding diaryl/α,β-unsaturated/α-hetero) is 1. The first-order chi connectivity index (χ1) is 16.9. The second kappa shape index (κ2) is 9.88. The van der Waals surface area contributed by atoms with E-state index in [2.05, 4.69) is 0 Å². The van der Waals surface area contributed by atoms with Gasteiger partial charge >= 0.3 is 0 Å². The number of carbonyl (C=O) groups excluding carboxylic acids is 3. The van der Waals surface area contributed by atoms with E-state index in [1.165, 1.54) is 5.56 Å². The van der Waals surface area contributed by atoms with Gasteiger partial charge in [-0.3, -0.25) is 14.4 Å². The van der Waals surface area contributed by atoms with Crippen LogP contribution in [-0.2, 0) is 16.0 Å². The molecule has 0 spiro atoms. The van der Waals surface area contributed by atoms with Crippen molar-refractivity contribution in [2.75, 3.05) is 24.5 Å². The van der Waals surface area contributed by atoms with Crippen molar-refractivity contribution in [3.63, 3.8) is 0 Å². The number of halogens is 2. The number of rotatable bonds is 4. The molecule has 2 aromatic carbocycles. The Bertz CT molecular complexity index is 1140. The van der Waals surface area contributed by atoms with Crippen LogP contribution in [0.15, 0.2) is 42.5 Å². The number of nitrogens with zero attached hydrogens (tertiary/aromatic N) is 2. The molecule has 2 atom stereocenters. The van der Waals surface area contributed by atoms with Crippen LogP contribution in [0.4, 0.5) is 14.5 Å². The van der Waals surface area contributed by atoms with Gasteiger partial charge in [0.25, 0.3) is 0 Å². The molecule has 5 rings (SSSR count). The van der Waals surface area contributed by atoms with Gasteiger partial charge < -0.3 is 9.80 Å². The highest BCUT2D eigenvalue weighted by Gasteiger charge is 2.42. The van der Waals surface area contributed by atoms with Crippen molar-refractivity contribution < 1.29 is 23.2 Å². The number of ketones is 1. The van der Waals surface area contributed by atoms with Crippen LogP contribution >= 0.6 is 0 Å². The number of hydrogen-bond acceptors (Lipinski definition) is 3. The zero-order valence-electron chi connectivity index (χ0n) is 19.7. The maximum atomic E-state index is 14.1. The van der Waals surface area contributed by atoms with E-state index in [1.807, 2.05) is 29.2 Å². The number of amides is 2. The van der Waals surface area contributed by atoms with Crippen LogP contribution in [0, 0.1) is 29.4 Å². The predicted octanol–water partition coefficient (Wildman–Crippen LogP) is 4.78. The maximum Gasteiger partial charge on any atom is 0.230 e. The van der Waals surface area contributed by atoms with Crippen molar-refractivity contribution in [1.82, 2.24) is 4.90 Å². The summed E-state index contributed by atoms with van der Waals surface area (Å²) in [7, 11) is 0. The molecule has 2 fully saturated rings. The summed E-state index contributed by atoms with van der Waals surface area (Å²) in [6.07, 6.45) is 4.91. The molecule has 5 nitrogen and oxygen atoms in total. The molecule has 2 heterocycles. The lowest BCUT2D eigenvalue weighted by Crippen LogP contribution is -2.49. The summed E-state index contributed by atoms with van der Waals surface area (Å²) < 4.78 is 27.6. The van der Waals surface area contributed by atoms with Crippen LogP contribution in [0.2, 0.25) is 0 Å². The normalized spacial score (nSPS) is 22.7. The van der Waals surface area contributed by atoms with Crippen LogP contribution < -0.4 is 4.90 Å². The summed E-state index contributed by atoms with van der Waals surface area (Å²) in [6.45, 7) is 1.42. The number of benzene rings is 2. The topological polar surface area (TPSA) is 57.7 Å². The summed E-state index contributed by atoms with van der Waals surface area (Å²) in [4.78, 5) is 43.5. The van der Waals surface area contributed by atoms with Gasteiger partial charge in [0.2, 0.25) is 11.8 Å². The quantitative estimate of drug-likeness (QED) is 0.592. The molecule has 1 saturated carbocycles. The molecular formula is C28H30F2N2O3. The fourth-order valence-corrected chi connectivity index (χ4v) is 5.99. The molecule has 35 heavy (non-hydrogen) atoms. The van der Waals surface area contributed by atoms with Crippen LogP contribution in [-0.4, -0.2) is 42.1 Å². The Kier molecular flexibility index (Phi) is 6.67. The minimum atomic E-state index is -0.720. The number of para-hydroxylation sites is 1. The van der Waals surface area contributed by atoms with Gasteiger partial charge in [-0.1, -0.05) is 31.0 Å². The van der Waals surface area contributed by atoms with Crippen LogP contribution in [0.1, 0.15) is 54.4 Å². The van der Waals surface area contributed by atoms with Crippen LogP contribution in [0.5, 0.6) is 0 Å². The largest absolute Gasteiger partial charge is 0.342 e. The lowest BCUT2D eigenvalue weighted by molar-refractivity contribution is -0.143. The molecular weight excluding hydrogens is 450 g/mol. The van der Waals surface area contributed by atoms with E-state index in [4.69, 9.17) is 0 Å². The number of fused-ring (bicyclic) bond motifs is 1. The molecule has 0 aromatic heterocycles. The second-order valence-corrected chi connectivity index (χ2v) is 9.95. The van der Waals surface area contributed by atoms with Gasteiger partial charge in [-0.05, 0) is 61.9 Å². The second-order valence-electron chi connectivity index (χ2n) is 9.95. The molecule has 7 heteroatoms. The Labute approximate surface area is 204 Å². The molecule has 2 amide bonds. The molecule has 2 aliphatic heterocycles. The first kappa shape index (κ1) is 23.6. The van der Waals surface area contributed by atoms with Crippen molar-refractivity contribution in [1.29, 1.82) is 0 Å². The standard InChI is InChI=1S/C28H30F2N2O3/c29-20-9-10-24(30)23(17-20)26(33)19-11-14-31(15-12-19)27(34)21-6-2-3-7-22(21)28(35)32-16-13-18-5-1-4-8-25(18)32/h1,4-5,8-10,17,19,21-22H,2-3,6-7,11-16H2. The first-order valence-electron chi connectivity index (χ1n) is 12.6. The van der Waals surface area contributed by atoms with E-state index in [9.17, 15) is 23.2 Å². The van der Waals surface area contributed by atoms with E-state index in [-0.39, 0.29) is 29.2 Å². The molecule has 0 radical (unpaired) electrons. The van der Waals surface area contributed by atoms with E-state index in [0.717, 1.165) is 43.1 Å². The average molecular weight is 481 g/mol. The molecule has 2 aromatic rings. The summed E-state index contributed by atoms with van der Waals surface area (Å²) in [5, 5.41) is 0. The Hall–Kier alpha value is -3.09.